The molecule has 0 unspecified atom stereocenters. The molecule has 2 fully saturated rings. The van der Waals surface area contributed by atoms with E-state index in [0.29, 0.717) is 30.6 Å². The van der Waals surface area contributed by atoms with E-state index in [4.69, 9.17) is 9.47 Å². The average molecular weight is 455 g/mol. The van der Waals surface area contributed by atoms with E-state index < -0.39 is 6.10 Å². The van der Waals surface area contributed by atoms with E-state index in [1.165, 1.54) is 0 Å². The molecule has 4 aliphatic heterocycles. The number of benzene rings is 1. The number of carbonyl (C=O) groups excluding carboxylic acids is 3. The second-order valence-electron chi connectivity index (χ2n) is 9.82. The van der Waals surface area contributed by atoms with Crippen molar-refractivity contribution in [2.75, 3.05) is 32.8 Å². The van der Waals surface area contributed by atoms with Gasteiger partial charge in [0.25, 0.3) is 0 Å². The first-order valence-corrected chi connectivity index (χ1v) is 11.7. The number of fused-ring (bicyclic) bond motifs is 1. The lowest BCUT2D eigenvalue weighted by Gasteiger charge is -2.46. The van der Waals surface area contributed by atoms with Crippen molar-refractivity contribution in [1.82, 2.24) is 9.80 Å². The van der Waals surface area contributed by atoms with Crippen molar-refractivity contribution < 1.29 is 29.0 Å². The lowest BCUT2D eigenvalue weighted by Crippen LogP contribution is -2.49. The predicted octanol–water partition coefficient (Wildman–Crippen LogP) is 2.23. The normalized spacial score (nSPS) is 23.7. The van der Waals surface area contributed by atoms with Crippen LogP contribution in [0.15, 0.2) is 23.4 Å². The molecular weight excluding hydrogens is 424 g/mol. The Morgan fingerprint density at radius 2 is 1.70 bits per heavy atom. The number of hydrogen-bond acceptors (Lipinski definition) is 7. The molecule has 1 atom stereocenters. The second kappa shape index (κ2) is 8.25. The highest BCUT2D eigenvalue weighted by atomic mass is 16.5. The molecular formula is C25H30N2O6. The third-order valence-electron chi connectivity index (χ3n) is 8.01. The Labute approximate surface area is 193 Å². The zero-order valence-electron chi connectivity index (χ0n) is 19.2. The van der Waals surface area contributed by atoms with E-state index in [-0.39, 0.29) is 36.5 Å². The lowest BCUT2D eigenvalue weighted by molar-refractivity contribution is -0.139. The van der Waals surface area contributed by atoms with E-state index in [9.17, 15) is 19.5 Å². The van der Waals surface area contributed by atoms with Crippen molar-refractivity contribution in [3.05, 3.63) is 45.7 Å². The Hall–Kier alpha value is -2.71. The van der Waals surface area contributed by atoms with Gasteiger partial charge in [0.05, 0.1) is 22.9 Å². The minimum absolute atomic E-state index is 0.00580. The number of ether oxygens (including phenoxy) is 2. The molecule has 1 spiro atoms. The molecule has 0 saturated carbocycles. The summed E-state index contributed by atoms with van der Waals surface area (Å²) < 4.78 is 10.2. The Morgan fingerprint density at radius 1 is 1.00 bits per heavy atom. The Balaban J connectivity index is 1.19. The number of rotatable bonds is 4. The largest absolute Gasteiger partial charge is 0.457 e. The van der Waals surface area contributed by atoms with Gasteiger partial charge in [0.15, 0.2) is 0 Å². The SMILES string of the molecule is CC1=C(N2CCC3(CCN(C[C@@H](O)c4ccc5c(c4C)COC5=O)CC3)CC2=O)COC1=O. The van der Waals surface area contributed by atoms with Crippen LogP contribution < -0.4 is 0 Å². The highest BCUT2D eigenvalue weighted by Crippen LogP contribution is 2.43. The first-order valence-electron chi connectivity index (χ1n) is 11.7. The topological polar surface area (TPSA) is 96.4 Å². The molecule has 4 aliphatic rings. The van der Waals surface area contributed by atoms with Gasteiger partial charge < -0.3 is 24.4 Å². The third-order valence-corrected chi connectivity index (χ3v) is 8.01. The van der Waals surface area contributed by atoms with Gasteiger partial charge in [-0.05, 0) is 68.8 Å². The highest BCUT2D eigenvalue weighted by molar-refractivity contribution is 5.94. The quantitative estimate of drug-likeness (QED) is 0.697. The summed E-state index contributed by atoms with van der Waals surface area (Å²) >= 11 is 0. The summed E-state index contributed by atoms with van der Waals surface area (Å²) in [7, 11) is 0. The smallest absolute Gasteiger partial charge is 0.338 e. The van der Waals surface area contributed by atoms with Gasteiger partial charge >= 0.3 is 11.9 Å². The number of esters is 2. The molecule has 1 aromatic carbocycles. The van der Waals surface area contributed by atoms with Gasteiger partial charge in [0.2, 0.25) is 5.91 Å². The minimum Gasteiger partial charge on any atom is -0.457 e. The average Bonchev–Trinajstić information content (AvgIpc) is 3.33. The van der Waals surface area contributed by atoms with Crippen LogP contribution in [0.4, 0.5) is 0 Å². The highest BCUT2D eigenvalue weighted by Gasteiger charge is 2.43. The fraction of sp³-hybridized carbons (Fsp3) is 0.560. The zero-order valence-corrected chi connectivity index (χ0v) is 19.2. The predicted molar refractivity (Wildman–Crippen MR) is 118 cm³/mol. The molecule has 33 heavy (non-hydrogen) atoms. The van der Waals surface area contributed by atoms with Crippen molar-refractivity contribution in [2.45, 2.75) is 52.2 Å². The molecule has 8 nitrogen and oxygen atoms in total. The summed E-state index contributed by atoms with van der Waals surface area (Å²) in [6, 6.07) is 3.58. The number of cyclic esters (lactones) is 2. The van der Waals surface area contributed by atoms with Crippen molar-refractivity contribution >= 4 is 17.8 Å². The van der Waals surface area contributed by atoms with E-state index >= 15 is 0 Å². The van der Waals surface area contributed by atoms with E-state index in [1.807, 2.05) is 13.0 Å². The van der Waals surface area contributed by atoms with Gasteiger partial charge in [-0.2, -0.15) is 0 Å². The number of piperidine rings is 2. The lowest BCUT2D eigenvalue weighted by atomic mass is 9.70. The van der Waals surface area contributed by atoms with Gasteiger partial charge in [-0.15, -0.1) is 0 Å². The van der Waals surface area contributed by atoms with E-state index in [1.54, 1.807) is 17.9 Å². The van der Waals surface area contributed by atoms with Crippen LogP contribution in [0.3, 0.4) is 0 Å². The first kappa shape index (κ1) is 22.1. The van der Waals surface area contributed by atoms with Crippen LogP contribution in [0.25, 0.3) is 0 Å². The Bertz CT molecular complexity index is 1050. The summed E-state index contributed by atoms with van der Waals surface area (Å²) in [5.74, 6) is -0.551. The van der Waals surface area contributed by atoms with E-state index in [2.05, 4.69) is 4.90 Å². The number of aliphatic hydroxyl groups excluding tert-OH is 1. The Morgan fingerprint density at radius 3 is 2.36 bits per heavy atom. The molecule has 4 heterocycles. The van der Waals surface area contributed by atoms with Gasteiger partial charge in [0, 0.05) is 25.1 Å². The van der Waals surface area contributed by atoms with Gasteiger partial charge in [0.1, 0.15) is 13.2 Å². The van der Waals surface area contributed by atoms with Gasteiger partial charge in [-0.1, -0.05) is 6.07 Å². The third kappa shape index (κ3) is 3.85. The first-order chi connectivity index (χ1) is 15.8. The maximum atomic E-state index is 12.9. The maximum Gasteiger partial charge on any atom is 0.338 e. The molecule has 0 bridgehead atoms. The molecule has 0 radical (unpaired) electrons. The van der Waals surface area contributed by atoms with Crippen LogP contribution in [0.1, 0.15) is 65.8 Å². The number of amides is 1. The fourth-order valence-electron chi connectivity index (χ4n) is 5.72. The molecule has 1 amide bonds. The summed E-state index contributed by atoms with van der Waals surface area (Å²) in [5.41, 5.74) is 4.49. The van der Waals surface area contributed by atoms with Crippen molar-refractivity contribution in [3.63, 3.8) is 0 Å². The van der Waals surface area contributed by atoms with Crippen LogP contribution in [0.2, 0.25) is 0 Å². The van der Waals surface area contributed by atoms with Crippen LogP contribution in [-0.2, 0) is 25.7 Å². The van der Waals surface area contributed by atoms with Crippen LogP contribution in [-0.4, -0.2) is 65.5 Å². The van der Waals surface area contributed by atoms with Crippen molar-refractivity contribution in [2.24, 2.45) is 5.41 Å². The van der Waals surface area contributed by atoms with Gasteiger partial charge in [-0.25, -0.2) is 9.59 Å². The number of aliphatic hydroxyl groups is 1. The molecule has 5 rings (SSSR count). The number of β-amino-alcohol motifs (C(OH)–C–C–N with tert-alkyl or cyclic N) is 1. The monoisotopic (exact) mass is 454 g/mol. The second-order valence-corrected chi connectivity index (χ2v) is 9.82. The van der Waals surface area contributed by atoms with Crippen LogP contribution in [0, 0.1) is 12.3 Å². The van der Waals surface area contributed by atoms with Crippen LogP contribution in [0.5, 0.6) is 0 Å². The Kier molecular flexibility index (Phi) is 5.53. The molecule has 1 aromatic rings. The fourth-order valence-corrected chi connectivity index (χ4v) is 5.72. The summed E-state index contributed by atoms with van der Waals surface area (Å²) in [5, 5.41) is 10.9. The minimum atomic E-state index is -0.640. The van der Waals surface area contributed by atoms with Crippen molar-refractivity contribution in [1.29, 1.82) is 0 Å². The molecule has 2 saturated heterocycles. The van der Waals surface area contributed by atoms with E-state index in [0.717, 1.165) is 54.7 Å². The summed E-state index contributed by atoms with van der Waals surface area (Å²) in [6.45, 7) is 6.93. The number of likely N-dealkylation sites (tertiary alicyclic amines) is 2. The standard InChI is InChI=1S/C25H30N2O6/c1-15-17(3-4-18-19(15)13-32-24(18)31)21(28)12-26-8-5-25(6-9-26)7-10-27(22(29)11-25)20-14-33-23(30)16(20)2/h3-4,21,28H,5-14H2,1-2H3/t21-/m1/s1. The molecule has 0 aromatic heterocycles. The van der Waals surface area contributed by atoms with Crippen molar-refractivity contribution in [3.8, 4) is 0 Å². The molecule has 0 aliphatic carbocycles. The number of nitrogens with zero attached hydrogens (tertiary/aromatic N) is 2. The maximum absolute atomic E-state index is 12.9. The zero-order chi connectivity index (χ0) is 23.3. The summed E-state index contributed by atoms with van der Waals surface area (Å²) in [4.78, 5) is 40.4. The molecule has 176 valence electrons. The van der Waals surface area contributed by atoms with Crippen LogP contribution >= 0.6 is 0 Å². The van der Waals surface area contributed by atoms with Gasteiger partial charge in [-0.3, -0.25) is 4.79 Å². The number of carbonyl (C=O) groups is 3. The molecule has 1 N–H and O–H groups in total. The summed E-state index contributed by atoms with van der Waals surface area (Å²) in [6.07, 6.45) is 2.60. The molecule has 8 heteroatoms. The number of hydrogen-bond donors (Lipinski definition) is 1.